The lowest BCUT2D eigenvalue weighted by Gasteiger charge is -2.06. The van der Waals surface area contributed by atoms with E-state index >= 15 is 0 Å². The number of rotatable bonds is 4. The first-order chi connectivity index (χ1) is 13.4. The summed E-state index contributed by atoms with van der Waals surface area (Å²) in [5.74, 6) is 0.482. The predicted octanol–water partition coefficient (Wildman–Crippen LogP) is 7.11. The van der Waals surface area contributed by atoms with Crippen molar-refractivity contribution in [1.29, 1.82) is 0 Å². The number of halogens is 3. The second-order valence-corrected chi connectivity index (χ2v) is 7.44. The molecule has 0 aliphatic rings. The SMILES string of the molecule is Cc1cccc(-c2ccc3nc(SCc4ccc(C(F)(F)F)cc4)oc3c2)c1. The van der Waals surface area contributed by atoms with E-state index in [9.17, 15) is 13.2 Å². The molecule has 1 heterocycles. The molecule has 0 amide bonds. The second-order valence-electron chi connectivity index (χ2n) is 6.52. The summed E-state index contributed by atoms with van der Waals surface area (Å²) in [6, 6.07) is 19.2. The number of hydrogen-bond acceptors (Lipinski definition) is 3. The number of nitrogens with zero attached hydrogens (tertiary/aromatic N) is 1. The molecule has 1 aromatic heterocycles. The van der Waals surface area contributed by atoms with E-state index in [1.807, 2.05) is 43.3 Å². The Bertz CT molecular complexity index is 1120. The van der Waals surface area contributed by atoms with Crippen molar-refractivity contribution in [2.45, 2.75) is 24.1 Å². The summed E-state index contributed by atoms with van der Waals surface area (Å²) in [4.78, 5) is 4.45. The summed E-state index contributed by atoms with van der Waals surface area (Å²) in [5, 5.41) is 0.497. The molecule has 3 aromatic carbocycles. The van der Waals surface area contributed by atoms with Gasteiger partial charge in [-0.1, -0.05) is 59.8 Å². The fourth-order valence-electron chi connectivity index (χ4n) is 2.90. The van der Waals surface area contributed by atoms with Gasteiger partial charge in [0, 0.05) is 5.75 Å². The Balaban J connectivity index is 1.50. The summed E-state index contributed by atoms with van der Waals surface area (Å²) in [6.07, 6.45) is -4.32. The van der Waals surface area contributed by atoms with Crippen molar-refractivity contribution in [3.8, 4) is 11.1 Å². The molecule has 4 aromatic rings. The van der Waals surface area contributed by atoms with Crippen molar-refractivity contribution in [3.05, 3.63) is 83.4 Å². The van der Waals surface area contributed by atoms with Crippen molar-refractivity contribution >= 4 is 22.9 Å². The Morgan fingerprint density at radius 3 is 2.39 bits per heavy atom. The molecule has 0 spiro atoms. The van der Waals surface area contributed by atoms with Gasteiger partial charge >= 0.3 is 6.18 Å². The van der Waals surface area contributed by atoms with E-state index in [2.05, 4.69) is 11.1 Å². The highest BCUT2D eigenvalue weighted by Crippen LogP contribution is 2.32. The third-order valence-corrected chi connectivity index (χ3v) is 5.26. The summed E-state index contributed by atoms with van der Waals surface area (Å²) in [5.41, 5.74) is 4.92. The molecule has 0 N–H and O–H groups in total. The Morgan fingerprint density at radius 1 is 0.929 bits per heavy atom. The van der Waals surface area contributed by atoms with E-state index in [1.54, 1.807) is 0 Å². The maximum Gasteiger partial charge on any atom is 0.416 e. The van der Waals surface area contributed by atoms with Gasteiger partial charge in [-0.2, -0.15) is 13.2 Å². The van der Waals surface area contributed by atoms with Gasteiger partial charge in [-0.3, -0.25) is 0 Å². The molecule has 0 unspecified atom stereocenters. The third kappa shape index (κ3) is 4.07. The topological polar surface area (TPSA) is 26.0 Å². The zero-order chi connectivity index (χ0) is 19.7. The van der Waals surface area contributed by atoms with E-state index in [4.69, 9.17) is 4.42 Å². The van der Waals surface area contributed by atoms with Gasteiger partial charge in [0.25, 0.3) is 5.22 Å². The lowest BCUT2D eigenvalue weighted by molar-refractivity contribution is -0.137. The molecule has 28 heavy (non-hydrogen) atoms. The second kappa shape index (κ2) is 7.36. The van der Waals surface area contributed by atoms with Crippen molar-refractivity contribution in [2.24, 2.45) is 0 Å². The Kier molecular flexibility index (Phi) is 4.89. The molecule has 0 fully saturated rings. The molecule has 0 aliphatic heterocycles. The average Bonchev–Trinajstić information content (AvgIpc) is 3.08. The van der Waals surface area contributed by atoms with Crippen molar-refractivity contribution in [3.63, 3.8) is 0 Å². The van der Waals surface area contributed by atoms with Gasteiger partial charge in [0.05, 0.1) is 5.56 Å². The summed E-state index contributed by atoms with van der Waals surface area (Å²) < 4.78 is 43.7. The maximum atomic E-state index is 12.6. The van der Waals surface area contributed by atoms with Gasteiger partial charge in [-0.25, -0.2) is 4.98 Å². The molecular formula is C22H16F3NOS. The summed E-state index contributed by atoms with van der Waals surface area (Å²) >= 11 is 1.36. The van der Waals surface area contributed by atoms with E-state index in [1.165, 1.54) is 29.5 Å². The van der Waals surface area contributed by atoms with Crippen LogP contribution in [0.15, 0.2) is 76.4 Å². The zero-order valence-electron chi connectivity index (χ0n) is 15.0. The van der Waals surface area contributed by atoms with Crippen LogP contribution in [-0.4, -0.2) is 4.98 Å². The number of aryl methyl sites for hydroxylation is 1. The van der Waals surface area contributed by atoms with E-state index in [0.717, 1.165) is 34.3 Å². The molecule has 0 bridgehead atoms. The monoisotopic (exact) mass is 399 g/mol. The molecule has 0 saturated heterocycles. The van der Waals surface area contributed by atoms with Gasteiger partial charge in [0.15, 0.2) is 5.58 Å². The average molecular weight is 399 g/mol. The molecule has 0 atom stereocenters. The van der Waals surface area contributed by atoms with Crippen LogP contribution in [0.25, 0.3) is 22.2 Å². The van der Waals surface area contributed by atoms with E-state index in [0.29, 0.717) is 16.6 Å². The zero-order valence-corrected chi connectivity index (χ0v) is 15.8. The molecule has 142 valence electrons. The van der Waals surface area contributed by atoms with Gasteiger partial charge in [0.1, 0.15) is 5.52 Å². The Hall–Kier alpha value is -2.73. The largest absolute Gasteiger partial charge is 0.431 e. The molecule has 6 heteroatoms. The van der Waals surface area contributed by atoms with Crippen LogP contribution in [0.2, 0.25) is 0 Å². The number of thioether (sulfide) groups is 1. The Labute approximate surface area is 164 Å². The molecule has 0 radical (unpaired) electrons. The highest BCUT2D eigenvalue weighted by Gasteiger charge is 2.29. The smallest absolute Gasteiger partial charge is 0.416 e. The number of alkyl halides is 3. The highest BCUT2D eigenvalue weighted by atomic mass is 32.2. The fourth-order valence-corrected chi connectivity index (χ4v) is 3.70. The quantitative estimate of drug-likeness (QED) is 0.342. The number of aromatic nitrogens is 1. The minimum atomic E-state index is -4.32. The third-order valence-electron chi connectivity index (χ3n) is 4.36. The minimum Gasteiger partial charge on any atom is -0.431 e. The maximum absolute atomic E-state index is 12.6. The normalized spacial score (nSPS) is 11.9. The predicted molar refractivity (Wildman–Crippen MR) is 105 cm³/mol. The molecule has 4 rings (SSSR count). The molecule has 2 nitrogen and oxygen atoms in total. The standard InChI is InChI=1S/C22H16F3NOS/c1-14-3-2-4-16(11-14)17-7-10-19-20(12-17)27-21(26-19)28-13-15-5-8-18(9-6-15)22(23,24)25/h2-12H,13H2,1H3. The van der Waals surface area contributed by atoms with Crippen LogP contribution >= 0.6 is 11.8 Å². The number of benzene rings is 3. The van der Waals surface area contributed by atoms with E-state index < -0.39 is 11.7 Å². The van der Waals surface area contributed by atoms with Crippen LogP contribution in [0.5, 0.6) is 0 Å². The fraction of sp³-hybridized carbons (Fsp3) is 0.136. The lowest BCUT2D eigenvalue weighted by Crippen LogP contribution is -2.04. The van der Waals surface area contributed by atoms with Crippen LogP contribution < -0.4 is 0 Å². The van der Waals surface area contributed by atoms with Crippen molar-refractivity contribution < 1.29 is 17.6 Å². The molecule has 0 saturated carbocycles. The minimum absolute atomic E-state index is 0.482. The first kappa shape index (κ1) is 18.6. The van der Waals surface area contributed by atoms with Gasteiger partial charge in [-0.15, -0.1) is 0 Å². The van der Waals surface area contributed by atoms with Crippen LogP contribution in [0, 0.1) is 6.92 Å². The number of hydrogen-bond donors (Lipinski definition) is 0. The molecule has 0 aliphatic carbocycles. The van der Waals surface area contributed by atoms with Crippen LogP contribution in [0.3, 0.4) is 0 Å². The van der Waals surface area contributed by atoms with Crippen molar-refractivity contribution in [2.75, 3.05) is 0 Å². The van der Waals surface area contributed by atoms with Crippen LogP contribution in [0.1, 0.15) is 16.7 Å². The highest BCUT2D eigenvalue weighted by molar-refractivity contribution is 7.98. The van der Waals surface area contributed by atoms with Gasteiger partial charge in [0.2, 0.25) is 0 Å². The lowest BCUT2D eigenvalue weighted by atomic mass is 10.0. The van der Waals surface area contributed by atoms with E-state index in [-0.39, 0.29) is 0 Å². The molecular weight excluding hydrogens is 383 g/mol. The van der Waals surface area contributed by atoms with Gasteiger partial charge in [-0.05, 0) is 47.9 Å². The number of oxazole rings is 1. The van der Waals surface area contributed by atoms with Crippen LogP contribution in [-0.2, 0) is 11.9 Å². The Morgan fingerprint density at radius 2 is 1.68 bits per heavy atom. The summed E-state index contributed by atoms with van der Waals surface area (Å²) in [6.45, 7) is 2.05. The number of fused-ring (bicyclic) bond motifs is 1. The first-order valence-electron chi connectivity index (χ1n) is 8.65. The summed E-state index contributed by atoms with van der Waals surface area (Å²) in [7, 11) is 0. The first-order valence-corrected chi connectivity index (χ1v) is 9.64. The van der Waals surface area contributed by atoms with Crippen molar-refractivity contribution in [1.82, 2.24) is 4.98 Å². The van der Waals surface area contributed by atoms with Gasteiger partial charge < -0.3 is 4.42 Å². The van der Waals surface area contributed by atoms with Crippen LogP contribution in [0.4, 0.5) is 13.2 Å².